The number of carbonyl (C=O) groups excluding carboxylic acids is 1. The Kier molecular flexibility index (Phi) is 8.10. The van der Waals surface area contributed by atoms with Crippen LogP contribution in [0.5, 0.6) is 0 Å². The van der Waals surface area contributed by atoms with Crippen LogP contribution in [0.2, 0.25) is 0 Å². The Hall–Kier alpha value is 0.350. The van der Waals surface area contributed by atoms with Crippen LogP contribution in [-0.4, -0.2) is 39.3 Å². The Bertz CT molecular complexity index is 389. The lowest BCUT2D eigenvalue weighted by Gasteiger charge is -2.27. The largest absolute Gasteiger partial charge is 0.365 e. The first-order chi connectivity index (χ1) is 8.58. The van der Waals surface area contributed by atoms with E-state index in [1.807, 2.05) is 0 Å². The molecular formula is C7H15Cl2NO7P2. The average Bonchev–Trinajstić information content (AvgIpc) is 2.24. The molecule has 1 unspecified atom stereocenters. The van der Waals surface area contributed by atoms with E-state index in [4.69, 9.17) is 32.2 Å². The molecule has 0 saturated heterocycles. The van der Waals surface area contributed by atoms with Gasteiger partial charge in [0, 0.05) is 0 Å². The van der Waals surface area contributed by atoms with Crippen molar-refractivity contribution in [3.05, 3.63) is 0 Å². The van der Waals surface area contributed by atoms with E-state index in [9.17, 15) is 23.7 Å². The Morgan fingerprint density at radius 2 is 1.63 bits per heavy atom. The van der Waals surface area contributed by atoms with Crippen LogP contribution in [0.4, 0.5) is 0 Å². The van der Waals surface area contributed by atoms with Crippen molar-refractivity contribution in [2.75, 3.05) is 13.2 Å². The molecule has 0 spiro atoms. The van der Waals surface area contributed by atoms with E-state index in [0.29, 0.717) is 0 Å². The summed E-state index contributed by atoms with van der Waals surface area (Å²) in [5.41, 5.74) is -2.16. The smallest absolute Gasteiger partial charge is 0.330 e. The lowest BCUT2D eigenvalue weighted by Crippen LogP contribution is -2.38. The maximum atomic E-state index is 12.3. The summed E-state index contributed by atoms with van der Waals surface area (Å²) >= 11 is 10.5. The number of amides is 1. The van der Waals surface area contributed by atoms with Crippen molar-refractivity contribution < 1.29 is 32.8 Å². The fourth-order valence-corrected chi connectivity index (χ4v) is 4.73. The molecule has 0 saturated carbocycles. The second-order valence-electron chi connectivity index (χ2n) is 3.15. The molecule has 19 heavy (non-hydrogen) atoms. The first kappa shape index (κ1) is 19.4. The van der Waals surface area contributed by atoms with E-state index < -0.39 is 31.5 Å². The molecule has 0 aromatic carbocycles. The standard InChI is InChI=1S/C7H15Cl2NO7P2/c1-3-16-19(15,17-4-2)7(18(12,13)14)10-6(11)5(8)9/h5,7H,3-4H2,1-2H3,(H,10,11)(H2,12,13,14). The zero-order valence-electron chi connectivity index (χ0n) is 10.2. The predicted octanol–water partition coefficient (Wildman–Crippen LogP) is 1.63. The van der Waals surface area contributed by atoms with Crippen molar-refractivity contribution in [1.29, 1.82) is 0 Å². The Morgan fingerprint density at radius 1 is 1.21 bits per heavy atom. The number of halogens is 2. The maximum absolute atomic E-state index is 12.3. The minimum atomic E-state index is -5.01. The normalized spacial score (nSPS) is 14.5. The molecule has 1 atom stereocenters. The van der Waals surface area contributed by atoms with Crippen molar-refractivity contribution in [3.63, 3.8) is 0 Å². The van der Waals surface area contributed by atoms with Gasteiger partial charge in [0.05, 0.1) is 13.2 Å². The quantitative estimate of drug-likeness (QED) is 0.445. The molecule has 0 heterocycles. The summed E-state index contributed by atoms with van der Waals surface area (Å²) in [4.78, 5) is 28.1. The molecule has 0 aromatic rings. The highest BCUT2D eigenvalue weighted by molar-refractivity contribution is 7.71. The van der Waals surface area contributed by atoms with Crippen LogP contribution in [-0.2, 0) is 23.0 Å². The molecule has 0 bridgehead atoms. The van der Waals surface area contributed by atoms with Gasteiger partial charge in [-0.15, -0.1) is 0 Å². The third-order valence-electron chi connectivity index (χ3n) is 1.71. The molecule has 3 N–H and O–H groups in total. The van der Waals surface area contributed by atoms with Gasteiger partial charge >= 0.3 is 15.2 Å². The zero-order chi connectivity index (χ0) is 15.3. The van der Waals surface area contributed by atoms with Crippen LogP contribution >= 0.6 is 38.4 Å². The molecule has 114 valence electrons. The summed E-state index contributed by atoms with van der Waals surface area (Å²) < 4.78 is 33.2. The monoisotopic (exact) mass is 357 g/mol. The van der Waals surface area contributed by atoms with Crippen LogP contribution in [0, 0.1) is 0 Å². The number of alkyl halides is 2. The van der Waals surface area contributed by atoms with Gasteiger partial charge in [0.1, 0.15) is 0 Å². The van der Waals surface area contributed by atoms with Crippen LogP contribution in [0.15, 0.2) is 0 Å². The fourth-order valence-electron chi connectivity index (χ4n) is 1.08. The SMILES string of the molecule is CCOP(=O)(OCC)C(NC(=O)C(Cl)Cl)P(=O)(O)O. The molecular weight excluding hydrogens is 343 g/mol. The third-order valence-corrected chi connectivity index (χ3v) is 6.58. The molecule has 1 amide bonds. The van der Waals surface area contributed by atoms with Crippen molar-refractivity contribution in [1.82, 2.24) is 5.32 Å². The van der Waals surface area contributed by atoms with Crippen LogP contribution in [0.25, 0.3) is 0 Å². The van der Waals surface area contributed by atoms with Gasteiger partial charge in [-0.1, -0.05) is 23.2 Å². The first-order valence-electron chi connectivity index (χ1n) is 5.11. The summed E-state index contributed by atoms with van der Waals surface area (Å²) in [6.45, 7) is 2.65. The topological polar surface area (TPSA) is 122 Å². The van der Waals surface area contributed by atoms with Crippen LogP contribution < -0.4 is 5.32 Å². The molecule has 0 aromatic heterocycles. The Balaban J connectivity index is 5.39. The Labute approximate surface area is 120 Å². The van der Waals surface area contributed by atoms with Crippen molar-refractivity contribution in [2.45, 2.75) is 24.2 Å². The van der Waals surface area contributed by atoms with E-state index in [1.165, 1.54) is 13.8 Å². The number of hydrogen-bond donors (Lipinski definition) is 3. The van der Waals surface area contributed by atoms with Gasteiger partial charge in [-0.3, -0.25) is 13.9 Å². The molecule has 12 heteroatoms. The molecule has 0 rings (SSSR count). The average molecular weight is 358 g/mol. The molecule has 8 nitrogen and oxygen atoms in total. The van der Waals surface area contributed by atoms with Gasteiger partial charge in [0.15, 0.2) is 4.84 Å². The van der Waals surface area contributed by atoms with Crippen molar-refractivity contribution in [3.8, 4) is 0 Å². The van der Waals surface area contributed by atoms with Gasteiger partial charge < -0.3 is 24.2 Å². The van der Waals surface area contributed by atoms with Gasteiger partial charge in [0.2, 0.25) is 5.52 Å². The maximum Gasteiger partial charge on any atom is 0.365 e. The van der Waals surface area contributed by atoms with Crippen LogP contribution in [0.3, 0.4) is 0 Å². The summed E-state index contributed by atoms with van der Waals surface area (Å²) in [5.74, 6) is -1.11. The summed E-state index contributed by atoms with van der Waals surface area (Å²) in [7, 11) is -9.27. The second kappa shape index (κ2) is 7.96. The molecule has 0 aliphatic heterocycles. The molecule has 0 aliphatic carbocycles. The van der Waals surface area contributed by atoms with E-state index >= 15 is 0 Å². The highest BCUT2D eigenvalue weighted by atomic mass is 35.5. The molecule has 0 radical (unpaired) electrons. The van der Waals surface area contributed by atoms with E-state index in [0.717, 1.165) is 0 Å². The minimum Gasteiger partial charge on any atom is -0.330 e. The number of nitrogens with one attached hydrogen (secondary N) is 1. The zero-order valence-corrected chi connectivity index (χ0v) is 13.5. The number of carbonyl (C=O) groups is 1. The highest BCUT2D eigenvalue weighted by Gasteiger charge is 2.49. The van der Waals surface area contributed by atoms with Gasteiger partial charge in [0.25, 0.3) is 5.91 Å². The Morgan fingerprint density at radius 3 is 1.89 bits per heavy atom. The van der Waals surface area contributed by atoms with E-state index in [1.54, 1.807) is 5.32 Å². The van der Waals surface area contributed by atoms with Gasteiger partial charge in [-0.05, 0) is 13.8 Å². The number of hydrogen-bond acceptors (Lipinski definition) is 5. The van der Waals surface area contributed by atoms with Gasteiger partial charge in [-0.2, -0.15) is 0 Å². The minimum absolute atomic E-state index is 0.130. The summed E-state index contributed by atoms with van der Waals surface area (Å²) in [6.07, 6.45) is 0. The summed E-state index contributed by atoms with van der Waals surface area (Å²) in [6, 6.07) is 0. The lowest BCUT2D eigenvalue weighted by molar-refractivity contribution is -0.119. The number of rotatable bonds is 8. The second-order valence-corrected chi connectivity index (χ2v) is 8.46. The predicted molar refractivity (Wildman–Crippen MR) is 70.3 cm³/mol. The third kappa shape index (κ3) is 6.10. The fraction of sp³-hybridized carbons (Fsp3) is 0.857. The molecule has 0 fully saturated rings. The van der Waals surface area contributed by atoms with Crippen molar-refractivity contribution in [2.24, 2.45) is 0 Å². The highest BCUT2D eigenvalue weighted by Crippen LogP contribution is 2.64. The summed E-state index contributed by atoms with van der Waals surface area (Å²) in [5, 5.41) is 1.79. The van der Waals surface area contributed by atoms with Crippen LogP contribution in [0.1, 0.15) is 13.8 Å². The van der Waals surface area contributed by atoms with Crippen molar-refractivity contribution >= 4 is 44.3 Å². The molecule has 0 aliphatic rings. The lowest BCUT2D eigenvalue weighted by atomic mass is 10.7. The van der Waals surface area contributed by atoms with E-state index in [2.05, 4.69) is 0 Å². The van der Waals surface area contributed by atoms with Gasteiger partial charge in [-0.25, -0.2) is 0 Å². The first-order valence-corrected chi connectivity index (χ1v) is 9.27. The van der Waals surface area contributed by atoms with E-state index in [-0.39, 0.29) is 13.2 Å².